The molecule has 0 spiro atoms. The molecule has 4 fully saturated rings. The molecular weight excluding hydrogens is 216 g/mol. The van der Waals surface area contributed by atoms with Crippen molar-refractivity contribution in [2.45, 2.75) is 59.3 Å². The van der Waals surface area contributed by atoms with Crippen molar-refractivity contribution in [1.82, 2.24) is 0 Å². The SMILES string of the molecule is CCC1C2CC(C1CC)C(C1CC3C(C)CC31)C2. The standard InChI is InChI=1S/C18H30/c1-4-12-11-7-16(13(12)5-2)17(8-11)18-9-14-10(3)6-15(14)18/h10-18H,4-9H2,1-3H3. The number of rotatable bonds is 3. The molecule has 9 atom stereocenters. The van der Waals surface area contributed by atoms with Gasteiger partial charge >= 0.3 is 0 Å². The van der Waals surface area contributed by atoms with Crippen LogP contribution in [0.2, 0.25) is 0 Å². The Labute approximate surface area is 113 Å². The van der Waals surface area contributed by atoms with Crippen LogP contribution >= 0.6 is 0 Å². The molecule has 4 rings (SSSR count). The van der Waals surface area contributed by atoms with Crippen LogP contribution in [-0.2, 0) is 0 Å². The molecule has 102 valence electrons. The second kappa shape index (κ2) is 4.00. The molecular formula is C18H30. The highest BCUT2D eigenvalue weighted by molar-refractivity contribution is 5.09. The lowest BCUT2D eigenvalue weighted by atomic mass is 9.44. The van der Waals surface area contributed by atoms with E-state index >= 15 is 0 Å². The molecule has 4 aliphatic carbocycles. The van der Waals surface area contributed by atoms with E-state index in [0.717, 1.165) is 41.4 Å². The molecule has 9 unspecified atom stereocenters. The first-order valence-electron chi connectivity index (χ1n) is 8.74. The van der Waals surface area contributed by atoms with Crippen LogP contribution in [0.5, 0.6) is 0 Å². The van der Waals surface area contributed by atoms with E-state index in [1.807, 2.05) is 0 Å². The first kappa shape index (κ1) is 11.8. The predicted molar refractivity (Wildman–Crippen MR) is 76.1 cm³/mol. The summed E-state index contributed by atoms with van der Waals surface area (Å²) in [5.41, 5.74) is 0. The maximum atomic E-state index is 2.49. The van der Waals surface area contributed by atoms with Gasteiger partial charge in [-0.3, -0.25) is 0 Å². The molecule has 0 heterocycles. The summed E-state index contributed by atoms with van der Waals surface area (Å²) in [7, 11) is 0. The summed E-state index contributed by atoms with van der Waals surface area (Å²) < 4.78 is 0. The van der Waals surface area contributed by atoms with E-state index in [4.69, 9.17) is 0 Å². The minimum atomic E-state index is 1.08. The van der Waals surface area contributed by atoms with Gasteiger partial charge in [-0.15, -0.1) is 0 Å². The first-order chi connectivity index (χ1) is 8.74. The second-order valence-corrected chi connectivity index (χ2v) is 8.14. The maximum Gasteiger partial charge on any atom is -0.0349 e. The number of fused-ring (bicyclic) bond motifs is 3. The summed E-state index contributed by atoms with van der Waals surface area (Å²) in [5.74, 6) is 10.2. The first-order valence-corrected chi connectivity index (χ1v) is 8.74. The van der Waals surface area contributed by atoms with Gasteiger partial charge in [-0.05, 0) is 78.9 Å². The topological polar surface area (TPSA) is 0 Å². The van der Waals surface area contributed by atoms with Crippen molar-refractivity contribution in [3.05, 3.63) is 0 Å². The summed E-state index contributed by atoms with van der Waals surface area (Å²) in [6, 6.07) is 0. The van der Waals surface area contributed by atoms with Crippen LogP contribution in [0.25, 0.3) is 0 Å². The van der Waals surface area contributed by atoms with Crippen LogP contribution in [0, 0.1) is 53.3 Å². The molecule has 0 N–H and O–H groups in total. The maximum absolute atomic E-state index is 2.49. The minimum Gasteiger partial charge on any atom is -0.0651 e. The molecule has 2 bridgehead atoms. The van der Waals surface area contributed by atoms with Gasteiger partial charge in [0.25, 0.3) is 0 Å². The van der Waals surface area contributed by atoms with Crippen LogP contribution in [-0.4, -0.2) is 0 Å². The zero-order valence-electron chi connectivity index (χ0n) is 12.4. The van der Waals surface area contributed by atoms with E-state index in [-0.39, 0.29) is 0 Å². The highest BCUT2D eigenvalue weighted by atomic mass is 14.6. The Bertz CT molecular complexity index is 333. The lowest BCUT2D eigenvalue weighted by Gasteiger charge is -2.61. The third kappa shape index (κ3) is 1.33. The van der Waals surface area contributed by atoms with Crippen molar-refractivity contribution in [1.29, 1.82) is 0 Å². The molecule has 0 heteroatoms. The fraction of sp³-hybridized carbons (Fsp3) is 1.00. The predicted octanol–water partition coefficient (Wildman–Crippen LogP) is 4.99. The molecule has 4 saturated carbocycles. The quantitative estimate of drug-likeness (QED) is 0.658. The highest BCUT2D eigenvalue weighted by Gasteiger charge is 2.60. The summed E-state index contributed by atoms with van der Waals surface area (Å²) >= 11 is 0. The average Bonchev–Trinajstić information content (AvgIpc) is 2.92. The Hall–Kier alpha value is 0. The minimum absolute atomic E-state index is 1.08. The van der Waals surface area contributed by atoms with Crippen LogP contribution < -0.4 is 0 Å². The highest BCUT2D eigenvalue weighted by Crippen LogP contribution is 2.67. The van der Waals surface area contributed by atoms with Crippen molar-refractivity contribution < 1.29 is 0 Å². The van der Waals surface area contributed by atoms with E-state index in [1.54, 1.807) is 25.7 Å². The Morgan fingerprint density at radius 2 is 1.28 bits per heavy atom. The van der Waals surface area contributed by atoms with Gasteiger partial charge < -0.3 is 0 Å². The fourth-order valence-corrected chi connectivity index (χ4v) is 7.08. The summed E-state index contributed by atoms with van der Waals surface area (Å²) in [4.78, 5) is 0. The van der Waals surface area contributed by atoms with E-state index in [9.17, 15) is 0 Å². The molecule has 0 aromatic heterocycles. The van der Waals surface area contributed by atoms with Gasteiger partial charge in [0.05, 0.1) is 0 Å². The van der Waals surface area contributed by atoms with Gasteiger partial charge in [-0.2, -0.15) is 0 Å². The molecule has 4 aliphatic rings. The molecule has 0 radical (unpaired) electrons. The molecule has 0 aliphatic heterocycles. The normalized spacial score (nSPS) is 61.2. The summed E-state index contributed by atoms with van der Waals surface area (Å²) in [6.07, 6.45) is 9.37. The smallest absolute Gasteiger partial charge is 0.0349 e. The third-order valence-corrected chi connectivity index (χ3v) is 7.92. The Kier molecular flexibility index (Phi) is 2.62. The second-order valence-electron chi connectivity index (χ2n) is 8.14. The average molecular weight is 246 g/mol. The van der Waals surface area contributed by atoms with E-state index in [2.05, 4.69) is 20.8 Å². The monoisotopic (exact) mass is 246 g/mol. The lowest BCUT2D eigenvalue weighted by Crippen LogP contribution is -2.54. The van der Waals surface area contributed by atoms with Gasteiger partial charge in [0.15, 0.2) is 0 Å². The van der Waals surface area contributed by atoms with Crippen LogP contribution in [0.15, 0.2) is 0 Å². The van der Waals surface area contributed by atoms with E-state index in [1.165, 1.54) is 24.7 Å². The van der Waals surface area contributed by atoms with Crippen molar-refractivity contribution in [2.75, 3.05) is 0 Å². The van der Waals surface area contributed by atoms with Crippen molar-refractivity contribution in [3.63, 3.8) is 0 Å². The van der Waals surface area contributed by atoms with Gasteiger partial charge in [-0.1, -0.05) is 33.6 Å². The molecule has 0 aromatic rings. The molecule has 0 aromatic carbocycles. The van der Waals surface area contributed by atoms with Gasteiger partial charge in [-0.25, -0.2) is 0 Å². The molecule has 0 amide bonds. The van der Waals surface area contributed by atoms with E-state index < -0.39 is 0 Å². The molecule has 0 nitrogen and oxygen atoms in total. The van der Waals surface area contributed by atoms with Crippen molar-refractivity contribution >= 4 is 0 Å². The van der Waals surface area contributed by atoms with Crippen molar-refractivity contribution in [2.24, 2.45) is 53.3 Å². The summed E-state index contributed by atoms with van der Waals surface area (Å²) in [5, 5.41) is 0. The largest absolute Gasteiger partial charge is 0.0651 e. The third-order valence-electron chi connectivity index (χ3n) is 7.92. The molecule has 0 saturated heterocycles. The van der Waals surface area contributed by atoms with Crippen molar-refractivity contribution in [3.8, 4) is 0 Å². The van der Waals surface area contributed by atoms with Crippen LogP contribution in [0.3, 0.4) is 0 Å². The zero-order chi connectivity index (χ0) is 12.4. The Balaban J connectivity index is 1.47. The van der Waals surface area contributed by atoms with Crippen LogP contribution in [0.1, 0.15) is 59.3 Å². The number of hydrogen-bond acceptors (Lipinski definition) is 0. The van der Waals surface area contributed by atoms with E-state index in [0.29, 0.717) is 0 Å². The van der Waals surface area contributed by atoms with Gasteiger partial charge in [0.2, 0.25) is 0 Å². The Morgan fingerprint density at radius 3 is 1.83 bits per heavy atom. The van der Waals surface area contributed by atoms with Gasteiger partial charge in [0.1, 0.15) is 0 Å². The fourth-order valence-electron chi connectivity index (χ4n) is 7.08. The summed E-state index contributed by atoms with van der Waals surface area (Å²) in [6.45, 7) is 7.39. The number of hydrogen-bond donors (Lipinski definition) is 0. The lowest BCUT2D eigenvalue weighted by molar-refractivity contribution is -0.121. The molecule has 18 heavy (non-hydrogen) atoms. The van der Waals surface area contributed by atoms with Gasteiger partial charge in [0, 0.05) is 0 Å². The van der Waals surface area contributed by atoms with Crippen LogP contribution in [0.4, 0.5) is 0 Å². The zero-order valence-corrected chi connectivity index (χ0v) is 12.4. The Morgan fingerprint density at radius 1 is 0.667 bits per heavy atom.